The summed E-state index contributed by atoms with van der Waals surface area (Å²) in [6.45, 7) is 1.62. The van der Waals surface area contributed by atoms with Gasteiger partial charge in [0.2, 0.25) is 0 Å². The van der Waals surface area contributed by atoms with Crippen LogP contribution in [0.2, 0.25) is 5.02 Å². The number of hydrogen-bond donors (Lipinski definition) is 0. The summed E-state index contributed by atoms with van der Waals surface area (Å²) in [4.78, 5) is 3.64. The SMILES string of the molecule is C#CC(C)Oc1ncc(Cl)cc1F. The van der Waals surface area contributed by atoms with E-state index >= 15 is 0 Å². The molecular formula is C9H7ClFNO. The number of terminal acetylenes is 1. The Labute approximate surface area is 80.7 Å². The Kier molecular flexibility index (Phi) is 3.10. The van der Waals surface area contributed by atoms with E-state index in [4.69, 9.17) is 22.8 Å². The smallest absolute Gasteiger partial charge is 0.251 e. The number of ether oxygens (including phenoxy) is 1. The van der Waals surface area contributed by atoms with Crippen LogP contribution in [-0.4, -0.2) is 11.1 Å². The zero-order chi connectivity index (χ0) is 9.84. The Morgan fingerprint density at radius 1 is 1.77 bits per heavy atom. The quantitative estimate of drug-likeness (QED) is 0.682. The number of rotatable bonds is 2. The third kappa shape index (κ3) is 2.60. The van der Waals surface area contributed by atoms with Crippen LogP contribution in [0.1, 0.15) is 6.92 Å². The summed E-state index contributed by atoms with van der Waals surface area (Å²) in [5.41, 5.74) is 0. The number of aromatic nitrogens is 1. The lowest BCUT2D eigenvalue weighted by atomic mass is 10.4. The molecule has 1 rings (SSSR count). The number of halogens is 2. The number of hydrogen-bond acceptors (Lipinski definition) is 2. The lowest BCUT2D eigenvalue weighted by Gasteiger charge is -2.07. The maximum absolute atomic E-state index is 13.0. The molecule has 4 heteroatoms. The molecule has 1 atom stereocenters. The van der Waals surface area contributed by atoms with Crippen LogP contribution in [0.5, 0.6) is 5.88 Å². The Morgan fingerprint density at radius 2 is 2.46 bits per heavy atom. The van der Waals surface area contributed by atoms with Crippen molar-refractivity contribution < 1.29 is 9.13 Å². The molecule has 0 bridgehead atoms. The predicted molar refractivity (Wildman–Crippen MR) is 48.1 cm³/mol. The van der Waals surface area contributed by atoms with Gasteiger partial charge in [-0.1, -0.05) is 17.5 Å². The zero-order valence-corrected chi connectivity index (χ0v) is 7.68. The molecule has 0 amide bonds. The first-order valence-corrected chi connectivity index (χ1v) is 3.95. The highest BCUT2D eigenvalue weighted by molar-refractivity contribution is 6.30. The van der Waals surface area contributed by atoms with Crippen molar-refractivity contribution in [2.75, 3.05) is 0 Å². The van der Waals surface area contributed by atoms with Crippen molar-refractivity contribution in [2.45, 2.75) is 13.0 Å². The van der Waals surface area contributed by atoms with Gasteiger partial charge in [-0.3, -0.25) is 0 Å². The van der Waals surface area contributed by atoms with Gasteiger partial charge in [0.05, 0.1) is 5.02 Å². The molecule has 1 aromatic rings. The summed E-state index contributed by atoms with van der Waals surface area (Å²) in [7, 11) is 0. The first-order valence-electron chi connectivity index (χ1n) is 3.57. The molecule has 0 N–H and O–H groups in total. The molecule has 0 spiro atoms. The summed E-state index contributed by atoms with van der Waals surface area (Å²) in [5.74, 6) is 1.55. The van der Waals surface area contributed by atoms with Gasteiger partial charge in [0.15, 0.2) is 11.9 Å². The van der Waals surface area contributed by atoms with E-state index in [1.54, 1.807) is 6.92 Å². The Bertz CT molecular complexity index is 348. The largest absolute Gasteiger partial charge is 0.459 e. The van der Waals surface area contributed by atoms with E-state index < -0.39 is 11.9 Å². The Morgan fingerprint density at radius 3 is 3.00 bits per heavy atom. The fraction of sp³-hybridized carbons (Fsp3) is 0.222. The molecule has 0 radical (unpaired) electrons. The molecule has 0 aliphatic carbocycles. The van der Waals surface area contributed by atoms with Crippen LogP contribution in [-0.2, 0) is 0 Å². The second kappa shape index (κ2) is 4.11. The van der Waals surface area contributed by atoms with E-state index in [-0.39, 0.29) is 10.9 Å². The summed E-state index contributed by atoms with van der Waals surface area (Å²) in [6, 6.07) is 1.12. The minimum Gasteiger partial charge on any atom is -0.459 e. The number of pyridine rings is 1. The molecule has 0 aliphatic rings. The van der Waals surface area contributed by atoms with Gasteiger partial charge in [-0.15, -0.1) is 6.42 Å². The summed E-state index contributed by atoms with van der Waals surface area (Å²) >= 11 is 5.49. The Hall–Kier alpha value is -1.27. The normalized spacial score (nSPS) is 11.8. The average Bonchev–Trinajstić information content (AvgIpc) is 2.09. The highest BCUT2D eigenvalue weighted by Crippen LogP contribution is 2.18. The standard InChI is InChI=1S/C9H7ClFNO/c1-3-6(2)13-9-8(11)4-7(10)5-12-9/h1,4-6H,2H3. The maximum atomic E-state index is 13.0. The van der Waals surface area contributed by atoms with Gasteiger partial charge in [-0.25, -0.2) is 9.37 Å². The van der Waals surface area contributed by atoms with Gasteiger partial charge in [0.1, 0.15) is 0 Å². The average molecular weight is 200 g/mol. The van der Waals surface area contributed by atoms with Crippen LogP contribution in [0.25, 0.3) is 0 Å². The van der Waals surface area contributed by atoms with E-state index in [1.807, 2.05) is 0 Å². The van der Waals surface area contributed by atoms with Gasteiger partial charge in [-0.05, 0) is 13.0 Å². The van der Waals surface area contributed by atoms with Crippen molar-refractivity contribution in [3.05, 3.63) is 23.1 Å². The van der Waals surface area contributed by atoms with E-state index in [2.05, 4.69) is 10.9 Å². The van der Waals surface area contributed by atoms with Gasteiger partial charge in [0, 0.05) is 6.20 Å². The Balaban J connectivity index is 2.85. The molecule has 0 fully saturated rings. The maximum Gasteiger partial charge on any atom is 0.251 e. The van der Waals surface area contributed by atoms with Gasteiger partial charge in [-0.2, -0.15) is 0 Å². The third-order valence-electron chi connectivity index (χ3n) is 1.30. The topological polar surface area (TPSA) is 22.1 Å². The van der Waals surface area contributed by atoms with E-state index in [0.29, 0.717) is 0 Å². The van der Waals surface area contributed by atoms with E-state index in [1.165, 1.54) is 6.20 Å². The van der Waals surface area contributed by atoms with Crippen molar-refractivity contribution in [3.8, 4) is 18.2 Å². The summed E-state index contributed by atoms with van der Waals surface area (Å²) in [5, 5.41) is 0.221. The van der Waals surface area contributed by atoms with Crippen LogP contribution in [0.15, 0.2) is 12.3 Å². The highest BCUT2D eigenvalue weighted by Gasteiger charge is 2.08. The lowest BCUT2D eigenvalue weighted by molar-refractivity contribution is 0.253. The van der Waals surface area contributed by atoms with Crippen LogP contribution in [0.4, 0.5) is 4.39 Å². The second-order valence-corrected chi connectivity index (χ2v) is 2.80. The van der Waals surface area contributed by atoms with E-state index in [9.17, 15) is 4.39 Å². The van der Waals surface area contributed by atoms with Gasteiger partial charge < -0.3 is 4.74 Å². The molecule has 0 aromatic carbocycles. The molecule has 2 nitrogen and oxygen atoms in total. The van der Waals surface area contributed by atoms with Crippen molar-refractivity contribution in [1.29, 1.82) is 0 Å². The van der Waals surface area contributed by atoms with Crippen molar-refractivity contribution in [1.82, 2.24) is 4.98 Å². The van der Waals surface area contributed by atoms with Crippen LogP contribution in [0, 0.1) is 18.2 Å². The highest BCUT2D eigenvalue weighted by atomic mass is 35.5. The molecule has 0 aliphatic heterocycles. The zero-order valence-electron chi connectivity index (χ0n) is 6.92. The second-order valence-electron chi connectivity index (χ2n) is 2.37. The van der Waals surface area contributed by atoms with Crippen LogP contribution < -0.4 is 4.74 Å². The van der Waals surface area contributed by atoms with Gasteiger partial charge >= 0.3 is 0 Å². The predicted octanol–water partition coefficient (Wildman–Crippen LogP) is 2.27. The third-order valence-corrected chi connectivity index (χ3v) is 1.50. The molecular weight excluding hydrogens is 193 g/mol. The lowest BCUT2D eigenvalue weighted by Crippen LogP contribution is -2.10. The molecule has 1 aromatic heterocycles. The minimum atomic E-state index is -0.616. The first kappa shape index (κ1) is 9.82. The molecule has 1 heterocycles. The minimum absolute atomic E-state index is 0.130. The molecule has 13 heavy (non-hydrogen) atoms. The summed E-state index contributed by atoms with van der Waals surface area (Å²) < 4.78 is 18.0. The van der Waals surface area contributed by atoms with Gasteiger partial charge in [0.25, 0.3) is 5.88 Å². The van der Waals surface area contributed by atoms with Crippen molar-refractivity contribution in [3.63, 3.8) is 0 Å². The van der Waals surface area contributed by atoms with Crippen molar-refractivity contribution in [2.24, 2.45) is 0 Å². The fourth-order valence-corrected chi connectivity index (χ4v) is 0.835. The molecule has 68 valence electrons. The number of nitrogens with zero attached hydrogens (tertiary/aromatic N) is 1. The summed E-state index contributed by atoms with van der Waals surface area (Å²) in [6.07, 6.45) is 5.83. The van der Waals surface area contributed by atoms with Crippen molar-refractivity contribution >= 4 is 11.6 Å². The van der Waals surface area contributed by atoms with Crippen LogP contribution >= 0.6 is 11.6 Å². The molecule has 0 saturated carbocycles. The van der Waals surface area contributed by atoms with E-state index in [0.717, 1.165) is 6.07 Å². The fourth-order valence-electron chi connectivity index (χ4n) is 0.690. The first-order chi connectivity index (χ1) is 6.13. The molecule has 0 saturated heterocycles. The van der Waals surface area contributed by atoms with Crippen LogP contribution in [0.3, 0.4) is 0 Å². The monoisotopic (exact) mass is 199 g/mol. The molecule has 1 unspecified atom stereocenters.